The maximum Gasteiger partial charge on any atom is 0.242 e. The van der Waals surface area contributed by atoms with Gasteiger partial charge in [0.15, 0.2) is 0 Å². The first-order chi connectivity index (χ1) is 8.77. The van der Waals surface area contributed by atoms with Gasteiger partial charge < -0.3 is 0 Å². The summed E-state index contributed by atoms with van der Waals surface area (Å²) in [5, 5.41) is 1.23. The molecule has 0 aromatic heterocycles. The summed E-state index contributed by atoms with van der Waals surface area (Å²) in [6.07, 6.45) is 0.703. The molecule has 0 fully saturated rings. The smallest absolute Gasteiger partial charge is 0.208 e. The van der Waals surface area contributed by atoms with Gasteiger partial charge in [0.25, 0.3) is 0 Å². The van der Waals surface area contributed by atoms with E-state index in [0.717, 1.165) is 5.33 Å². The molecule has 0 saturated heterocycles. The molecular formula is C12H16BrCl2NO2S. The molecule has 1 N–H and O–H groups in total. The summed E-state index contributed by atoms with van der Waals surface area (Å²) in [5.41, 5.74) is 0. The third-order valence-corrected chi connectivity index (χ3v) is 5.38. The number of sulfonamides is 1. The predicted molar refractivity (Wildman–Crippen MR) is 83.8 cm³/mol. The Morgan fingerprint density at radius 2 is 1.95 bits per heavy atom. The molecule has 0 heterocycles. The lowest BCUT2D eigenvalue weighted by molar-refractivity contribution is 0.440. The van der Waals surface area contributed by atoms with Crippen molar-refractivity contribution in [3.8, 4) is 0 Å². The molecule has 0 bridgehead atoms. The van der Waals surface area contributed by atoms with Crippen molar-refractivity contribution in [3.05, 3.63) is 28.2 Å². The monoisotopic (exact) mass is 387 g/mol. The molecule has 3 nitrogen and oxygen atoms in total. The van der Waals surface area contributed by atoms with Crippen LogP contribution in [0, 0.1) is 5.92 Å². The highest BCUT2D eigenvalue weighted by Gasteiger charge is 2.24. The molecule has 0 aliphatic rings. The summed E-state index contributed by atoms with van der Waals surface area (Å²) in [5.74, 6) is 0.185. The lowest BCUT2D eigenvalue weighted by Gasteiger charge is -2.21. The van der Waals surface area contributed by atoms with Crippen molar-refractivity contribution < 1.29 is 8.42 Å². The lowest BCUT2D eigenvalue weighted by atomic mass is 10.0. The van der Waals surface area contributed by atoms with Crippen molar-refractivity contribution in [2.75, 3.05) is 5.33 Å². The second-order valence-electron chi connectivity index (χ2n) is 4.52. The fourth-order valence-corrected chi connectivity index (χ4v) is 4.27. The van der Waals surface area contributed by atoms with Crippen molar-refractivity contribution in [2.45, 2.75) is 31.2 Å². The maximum atomic E-state index is 12.3. The van der Waals surface area contributed by atoms with Gasteiger partial charge >= 0.3 is 0 Å². The Morgan fingerprint density at radius 3 is 2.47 bits per heavy atom. The first-order valence-electron chi connectivity index (χ1n) is 5.81. The topological polar surface area (TPSA) is 46.2 Å². The van der Waals surface area contributed by atoms with Gasteiger partial charge in [-0.3, -0.25) is 0 Å². The zero-order chi connectivity index (χ0) is 14.6. The molecule has 1 unspecified atom stereocenters. The van der Waals surface area contributed by atoms with Crippen molar-refractivity contribution in [2.24, 2.45) is 5.92 Å². The van der Waals surface area contributed by atoms with E-state index < -0.39 is 10.0 Å². The highest BCUT2D eigenvalue weighted by molar-refractivity contribution is 9.09. The van der Waals surface area contributed by atoms with Crippen molar-refractivity contribution in [1.82, 2.24) is 4.72 Å². The van der Waals surface area contributed by atoms with Gasteiger partial charge in [0, 0.05) is 16.4 Å². The van der Waals surface area contributed by atoms with Gasteiger partial charge in [-0.1, -0.05) is 53.0 Å². The maximum absolute atomic E-state index is 12.3. The summed E-state index contributed by atoms with van der Waals surface area (Å²) in [4.78, 5) is 0.0156. The van der Waals surface area contributed by atoms with E-state index in [1.54, 1.807) is 6.07 Å². The van der Waals surface area contributed by atoms with Gasteiger partial charge in [-0.05, 0) is 30.5 Å². The largest absolute Gasteiger partial charge is 0.242 e. The quantitative estimate of drug-likeness (QED) is 0.746. The van der Waals surface area contributed by atoms with Gasteiger partial charge in [0.1, 0.15) is 4.90 Å². The summed E-state index contributed by atoms with van der Waals surface area (Å²) in [6.45, 7) is 3.94. The Labute approximate surface area is 132 Å². The van der Waals surface area contributed by atoms with E-state index in [4.69, 9.17) is 23.2 Å². The Hall–Kier alpha value is 0.190. The Kier molecular flexibility index (Phi) is 6.60. The van der Waals surface area contributed by atoms with E-state index in [1.807, 2.05) is 13.8 Å². The van der Waals surface area contributed by atoms with Crippen LogP contribution in [0.15, 0.2) is 23.1 Å². The average molecular weight is 389 g/mol. The zero-order valence-electron chi connectivity index (χ0n) is 10.7. The van der Waals surface area contributed by atoms with Gasteiger partial charge in [-0.15, -0.1) is 0 Å². The van der Waals surface area contributed by atoms with Crippen molar-refractivity contribution in [1.29, 1.82) is 0 Å². The van der Waals surface area contributed by atoms with Crippen LogP contribution in [0.25, 0.3) is 0 Å². The first-order valence-corrected chi connectivity index (χ1v) is 9.17. The van der Waals surface area contributed by atoms with E-state index in [2.05, 4.69) is 20.7 Å². The summed E-state index contributed by atoms with van der Waals surface area (Å²) in [6, 6.07) is 4.24. The van der Waals surface area contributed by atoms with Crippen LogP contribution < -0.4 is 4.72 Å². The van der Waals surface area contributed by atoms with Gasteiger partial charge in [-0.2, -0.15) is 0 Å². The lowest BCUT2D eigenvalue weighted by Crippen LogP contribution is -2.38. The second-order valence-corrected chi connectivity index (χ2v) is 7.84. The highest BCUT2D eigenvalue weighted by Crippen LogP contribution is 2.25. The number of alkyl halides is 1. The fraction of sp³-hybridized carbons (Fsp3) is 0.500. The number of rotatable bonds is 6. The molecule has 19 heavy (non-hydrogen) atoms. The van der Waals surface area contributed by atoms with E-state index in [0.29, 0.717) is 11.4 Å². The minimum Gasteiger partial charge on any atom is -0.208 e. The van der Waals surface area contributed by atoms with Crippen LogP contribution in [-0.2, 0) is 10.0 Å². The molecule has 0 saturated carbocycles. The van der Waals surface area contributed by atoms with Crippen LogP contribution in [0.5, 0.6) is 0 Å². The van der Waals surface area contributed by atoms with E-state index >= 15 is 0 Å². The minimum absolute atomic E-state index is 0.0156. The minimum atomic E-state index is -3.67. The molecule has 0 spiro atoms. The Balaban J connectivity index is 3.06. The molecule has 108 valence electrons. The Morgan fingerprint density at radius 1 is 1.32 bits per heavy atom. The molecular weight excluding hydrogens is 373 g/mol. The summed E-state index contributed by atoms with van der Waals surface area (Å²) in [7, 11) is -3.67. The zero-order valence-corrected chi connectivity index (χ0v) is 14.6. The Bertz CT molecular complexity index is 535. The highest BCUT2D eigenvalue weighted by atomic mass is 79.9. The molecule has 1 rings (SSSR count). The SMILES string of the molecule is CC(C)C(CCBr)NS(=O)(=O)c1cc(Cl)ccc1Cl. The molecule has 1 atom stereocenters. The van der Waals surface area contributed by atoms with Crippen molar-refractivity contribution >= 4 is 49.2 Å². The van der Waals surface area contributed by atoms with E-state index in [9.17, 15) is 8.42 Å². The molecule has 0 aliphatic carbocycles. The number of hydrogen-bond acceptors (Lipinski definition) is 2. The van der Waals surface area contributed by atoms with Crippen LogP contribution in [0.2, 0.25) is 10.0 Å². The van der Waals surface area contributed by atoms with Crippen LogP contribution >= 0.6 is 39.1 Å². The van der Waals surface area contributed by atoms with Crippen molar-refractivity contribution in [3.63, 3.8) is 0 Å². The summed E-state index contributed by atoms with van der Waals surface area (Å²) >= 11 is 15.1. The van der Waals surface area contributed by atoms with Crippen LogP contribution in [0.3, 0.4) is 0 Å². The third kappa shape index (κ3) is 4.90. The van der Waals surface area contributed by atoms with E-state index in [1.165, 1.54) is 12.1 Å². The number of halogens is 3. The van der Waals surface area contributed by atoms with Crippen LogP contribution in [0.4, 0.5) is 0 Å². The fourth-order valence-electron chi connectivity index (χ4n) is 1.59. The number of nitrogens with one attached hydrogen (secondary N) is 1. The summed E-state index contributed by atoms with van der Waals surface area (Å²) < 4.78 is 27.3. The van der Waals surface area contributed by atoms with Gasteiger partial charge in [0.05, 0.1) is 5.02 Å². The van der Waals surface area contributed by atoms with Crippen LogP contribution in [-0.4, -0.2) is 19.8 Å². The first kappa shape index (κ1) is 17.2. The third-order valence-electron chi connectivity index (χ3n) is 2.71. The molecule has 0 amide bonds. The van der Waals surface area contributed by atoms with E-state index in [-0.39, 0.29) is 21.9 Å². The molecule has 0 aliphatic heterocycles. The second kappa shape index (κ2) is 7.27. The molecule has 1 aromatic rings. The molecule has 0 radical (unpaired) electrons. The average Bonchev–Trinajstić information content (AvgIpc) is 2.31. The molecule has 1 aromatic carbocycles. The number of benzene rings is 1. The predicted octanol–water partition coefficient (Wildman–Crippen LogP) is 4.08. The van der Waals surface area contributed by atoms with Crippen LogP contribution in [0.1, 0.15) is 20.3 Å². The normalized spacial score (nSPS) is 13.8. The van der Waals surface area contributed by atoms with Gasteiger partial charge in [0.2, 0.25) is 10.0 Å². The standard InChI is InChI=1S/C12H16BrCl2NO2S/c1-8(2)11(5-6-13)16-19(17,18)12-7-9(14)3-4-10(12)15/h3-4,7-8,11,16H,5-6H2,1-2H3. The number of hydrogen-bond donors (Lipinski definition) is 1. The van der Waals surface area contributed by atoms with Gasteiger partial charge in [-0.25, -0.2) is 13.1 Å². The molecule has 7 heteroatoms.